The van der Waals surface area contributed by atoms with E-state index in [1.807, 2.05) is 31.2 Å². The Hall–Kier alpha value is -2.14. The number of ether oxygens (including phenoxy) is 1. The van der Waals surface area contributed by atoms with Crippen LogP contribution in [0.5, 0.6) is 0 Å². The van der Waals surface area contributed by atoms with Gasteiger partial charge < -0.3 is 14.7 Å². The van der Waals surface area contributed by atoms with Crippen molar-refractivity contribution >= 4 is 11.7 Å². The quantitative estimate of drug-likeness (QED) is 0.732. The zero-order valence-electron chi connectivity index (χ0n) is 15.4. The Kier molecular flexibility index (Phi) is 6.37. The largest absolute Gasteiger partial charge is 0.503 e. The van der Waals surface area contributed by atoms with Crippen LogP contribution < -0.4 is 0 Å². The lowest BCUT2D eigenvalue weighted by atomic mass is 9.94. The second-order valence-corrected chi connectivity index (χ2v) is 6.59. The molecule has 0 bridgehead atoms. The molecule has 0 aromatic heterocycles. The van der Waals surface area contributed by atoms with Crippen LogP contribution >= 0.6 is 0 Å². The van der Waals surface area contributed by atoms with Gasteiger partial charge in [-0.25, -0.2) is 0 Å². The van der Waals surface area contributed by atoms with Crippen molar-refractivity contribution in [3.8, 4) is 0 Å². The first-order valence-corrected chi connectivity index (χ1v) is 8.81. The number of aliphatic hydroxyl groups excluding tert-OH is 1. The number of carbonyl (C=O) groups is 2. The first-order valence-electron chi connectivity index (χ1n) is 8.81. The van der Waals surface area contributed by atoms with Gasteiger partial charge in [-0.1, -0.05) is 38.1 Å². The van der Waals surface area contributed by atoms with Crippen LogP contribution in [0.1, 0.15) is 57.2 Å². The maximum atomic E-state index is 12.5. The van der Waals surface area contributed by atoms with Crippen LogP contribution in [0.4, 0.5) is 0 Å². The van der Waals surface area contributed by atoms with Crippen LogP contribution in [-0.4, -0.2) is 41.5 Å². The van der Waals surface area contributed by atoms with Crippen LogP contribution in [0.2, 0.25) is 0 Å². The van der Waals surface area contributed by atoms with Gasteiger partial charge in [0, 0.05) is 19.8 Å². The van der Waals surface area contributed by atoms with E-state index in [2.05, 4.69) is 13.8 Å². The van der Waals surface area contributed by atoms with Crippen molar-refractivity contribution in [2.24, 2.45) is 0 Å². The molecule has 1 aromatic rings. The van der Waals surface area contributed by atoms with Gasteiger partial charge in [0.05, 0.1) is 11.6 Å². The average Bonchev–Trinajstić information content (AvgIpc) is 2.83. The minimum absolute atomic E-state index is 0.179. The topological polar surface area (TPSA) is 66.8 Å². The first kappa shape index (κ1) is 19.2. The molecule has 0 saturated carbocycles. The van der Waals surface area contributed by atoms with E-state index >= 15 is 0 Å². The molecule has 136 valence electrons. The summed E-state index contributed by atoms with van der Waals surface area (Å²) in [6.45, 7) is 9.11. The Morgan fingerprint density at radius 2 is 1.92 bits per heavy atom. The highest BCUT2D eigenvalue weighted by Gasteiger charge is 2.41. The third-order valence-electron chi connectivity index (χ3n) is 4.49. The average molecular weight is 345 g/mol. The molecule has 2 rings (SSSR count). The van der Waals surface area contributed by atoms with Crippen LogP contribution in [0.15, 0.2) is 35.6 Å². The van der Waals surface area contributed by atoms with E-state index < -0.39 is 17.7 Å². The second kappa shape index (κ2) is 8.30. The fraction of sp³-hybridized carbons (Fsp3) is 0.500. The SMILES string of the molecule is CCOCCCN1C(=O)C(O)=C(C(C)=O)C1c1ccc(C(C)C)cc1. The Labute approximate surface area is 149 Å². The van der Waals surface area contributed by atoms with Gasteiger partial charge in [-0.05, 0) is 37.3 Å². The molecule has 1 aliphatic rings. The minimum atomic E-state index is -0.534. The third kappa shape index (κ3) is 4.10. The normalized spacial score (nSPS) is 17.7. The van der Waals surface area contributed by atoms with Crippen molar-refractivity contribution in [3.63, 3.8) is 0 Å². The molecule has 0 aliphatic carbocycles. The predicted molar refractivity (Wildman–Crippen MR) is 96.4 cm³/mol. The summed E-state index contributed by atoms with van der Waals surface area (Å²) in [5.74, 6) is -0.796. The summed E-state index contributed by atoms with van der Waals surface area (Å²) in [6, 6.07) is 7.36. The Morgan fingerprint density at radius 1 is 1.28 bits per heavy atom. The van der Waals surface area contributed by atoms with E-state index in [1.165, 1.54) is 12.5 Å². The molecular weight excluding hydrogens is 318 g/mol. The van der Waals surface area contributed by atoms with E-state index in [-0.39, 0.29) is 11.4 Å². The van der Waals surface area contributed by atoms with Crippen molar-refractivity contribution in [2.45, 2.75) is 46.1 Å². The van der Waals surface area contributed by atoms with Crippen molar-refractivity contribution < 1.29 is 19.4 Å². The molecule has 1 aromatic carbocycles. The van der Waals surface area contributed by atoms with Gasteiger partial charge in [0.2, 0.25) is 0 Å². The molecule has 1 N–H and O–H groups in total. The third-order valence-corrected chi connectivity index (χ3v) is 4.49. The number of amides is 1. The molecule has 1 heterocycles. The number of ketones is 1. The zero-order chi connectivity index (χ0) is 18.6. The summed E-state index contributed by atoms with van der Waals surface area (Å²) in [5, 5.41) is 10.2. The van der Waals surface area contributed by atoms with E-state index in [4.69, 9.17) is 4.74 Å². The van der Waals surface area contributed by atoms with Gasteiger partial charge in [-0.15, -0.1) is 0 Å². The van der Waals surface area contributed by atoms with E-state index in [0.717, 1.165) is 5.56 Å². The summed E-state index contributed by atoms with van der Waals surface area (Å²) < 4.78 is 5.33. The smallest absolute Gasteiger partial charge is 0.290 e. The summed E-state index contributed by atoms with van der Waals surface area (Å²) in [4.78, 5) is 26.1. The number of aliphatic hydroxyl groups is 1. The molecule has 0 fully saturated rings. The number of hydrogen-bond donors (Lipinski definition) is 1. The fourth-order valence-corrected chi connectivity index (χ4v) is 3.13. The lowest BCUT2D eigenvalue weighted by Crippen LogP contribution is -2.32. The van der Waals surface area contributed by atoms with Gasteiger partial charge in [0.15, 0.2) is 11.5 Å². The van der Waals surface area contributed by atoms with Gasteiger partial charge in [0.1, 0.15) is 0 Å². The van der Waals surface area contributed by atoms with Gasteiger partial charge in [-0.3, -0.25) is 9.59 Å². The number of Topliss-reactive ketones (excluding diaryl/α,β-unsaturated/α-hetero) is 1. The van der Waals surface area contributed by atoms with Crippen LogP contribution in [-0.2, 0) is 14.3 Å². The fourth-order valence-electron chi connectivity index (χ4n) is 3.13. The molecule has 5 heteroatoms. The summed E-state index contributed by atoms with van der Waals surface area (Å²) in [5.41, 5.74) is 2.20. The predicted octanol–water partition coefficient (Wildman–Crippen LogP) is 3.52. The maximum Gasteiger partial charge on any atom is 0.290 e. The summed E-state index contributed by atoms with van der Waals surface area (Å²) in [6.07, 6.45) is 0.651. The van der Waals surface area contributed by atoms with Crippen molar-refractivity contribution in [2.75, 3.05) is 19.8 Å². The number of carbonyl (C=O) groups excluding carboxylic acids is 2. The number of rotatable bonds is 8. The molecular formula is C20H27NO4. The highest BCUT2D eigenvalue weighted by molar-refractivity contribution is 6.08. The molecule has 1 amide bonds. The Morgan fingerprint density at radius 3 is 2.44 bits per heavy atom. The van der Waals surface area contributed by atoms with Crippen molar-refractivity contribution in [3.05, 3.63) is 46.7 Å². The highest BCUT2D eigenvalue weighted by atomic mass is 16.5. The molecule has 1 atom stereocenters. The molecule has 1 unspecified atom stereocenters. The van der Waals surface area contributed by atoms with Crippen molar-refractivity contribution in [1.82, 2.24) is 4.90 Å². The minimum Gasteiger partial charge on any atom is -0.503 e. The molecule has 0 radical (unpaired) electrons. The van der Waals surface area contributed by atoms with E-state index in [0.29, 0.717) is 32.1 Å². The van der Waals surface area contributed by atoms with Gasteiger partial charge in [0.25, 0.3) is 5.91 Å². The monoisotopic (exact) mass is 345 g/mol. The molecule has 1 aliphatic heterocycles. The molecule has 25 heavy (non-hydrogen) atoms. The Balaban J connectivity index is 2.32. The zero-order valence-corrected chi connectivity index (χ0v) is 15.4. The maximum absolute atomic E-state index is 12.5. The van der Waals surface area contributed by atoms with Crippen LogP contribution in [0, 0.1) is 0 Å². The molecule has 0 spiro atoms. The second-order valence-electron chi connectivity index (χ2n) is 6.59. The van der Waals surface area contributed by atoms with E-state index in [1.54, 1.807) is 4.90 Å². The van der Waals surface area contributed by atoms with E-state index in [9.17, 15) is 14.7 Å². The summed E-state index contributed by atoms with van der Waals surface area (Å²) in [7, 11) is 0. The standard InChI is InChI=1S/C20H27NO4/c1-5-25-12-6-11-21-18(17(14(4)22)19(23)20(21)24)16-9-7-15(8-10-16)13(2)3/h7-10,13,18,23H,5-6,11-12H2,1-4H3. The van der Waals surface area contributed by atoms with Gasteiger partial charge in [-0.2, -0.15) is 0 Å². The number of nitrogens with zero attached hydrogens (tertiary/aromatic N) is 1. The van der Waals surface area contributed by atoms with Crippen LogP contribution in [0.3, 0.4) is 0 Å². The number of hydrogen-bond acceptors (Lipinski definition) is 4. The Bertz CT molecular complexity index is 661. The lowest BCUT2D eigenvalue weighted by molar-refractivity contribution is -0.129. The lowest BCUT2D eigenvalue weighted by Gasteiger charge is -2.27. The van der Waals surface area contributed by atoms with Crippen molar-refractivity contribution in [1.29, 1.82) is 0 Å². The highest BCUT2D eigenvalue weighted by Crippen LogP contribution is 2.38. The molecule has 5 nitrogen and oxygen atoms in total. The molecule has 0 saturated heterocycles. The summed E-state index contributed by atoms with van der Waals surface area (Å²) >= 11 is 0. The number of benzene rings is 1. The first-order chi connectivity index (χ1) is 11.9. The van der Waals surface area contributed by atoms with Gasteiger partial charge >= 0.3 is 0 Å². The van der Waals surface area contributed by atoms with Crippen LogP contribution in [0.25, 0.3) is 0 Å².